The predicted molar refractivity (Wildman–Crippen MR) is 114 cm³/mol. The van der Waals surface area contributed by atoms with Crippen LogP contribution in [0, 0.1) is 0 Å². The number of pyridine rings is 1. The number of hydrogen-bond acceptors (Lipinski definition) is 7. The number of carbonyl (C=O) groups is 3. The smallest absolute Gasteiger partial charge is 0.342 e. The average molecular weight is 426 g/mol. The number of rotatable bonds is 7. The first-order chi connectivity index (χ1) is 14.5. The van der Waals surface area contributed by atoms with Gasteiger partial charge in [0.1, 0.15) is 11.2 Å². The maximum Gasteiger partial charge on any atom is 0.342 e. The molecule has 1 fully saturated rings. The summed E-state index contributed by atoms with van der Waals surface area (Å²) in [5, 5.41) is 3.08. The van der Waals surface area contributed by atoms with Crippen LogP contribution in [0.25, 0.3) is 0 Å². The Bertz CT molecular complexity index is 1050. The Morgan fingerprint density at radius 3 is 2.29 bits per heavy atom. The average Bonchev–Trinajstić information content (AvgIpc) is 3.48. The molecule has 0 spiro atoms. The fourth-order valence-electron chi connectivity index (χ4n) is 3.26. The zero-order valence-corrected chi connectivity index (χ0v) is 17.9. The number of para-hydroxylation sites is 1. The zero-order valence-electron chi connectivity index (χ0n) is 17.9. The van der Waals surface area contributed by atoms with Crippen molar-refractivity contribution in [2.45, 2.75) is 44.6 Å². The summed E-state index contributed by atoms with van der Waals surface area (Å²) in [7, 11) is 1.42. The van der Waals surface area contributed by atoms with Crippen molar-refractivity contribution in [3.63, 3.8) is 0 Å². The van der Waals surface area contributed by atoms with Gasteiger partial charge < -0.3 is 26.3 Å². The van der Waals surface area contributed by atoms with E-state index in [2.05, 4.69) is 10.3 Å². The van der Waals surface area contributed by atoms with Gasteiger partial charge in [0.25, 0.3) is 5.91 Å². The Balaban J connectivity index is 2.04. The van der Waals surface area contributed by atoms with Gasteiger partial charge in [-0.25, -0.2) is 4.79 Å². The highest BCUT2D eigenvalue weighted by molar-refractivity contribution is 6.01. The molecule has 164 valence electrons. The molecule has 1 saturated carbocycles. The van der Waals surface area contributed by atoms with Gasteiger partial charge in [0.05, 0.1) is 35.2 Å². The molecule has 0 atom stereocenters. The third-order valence-corrected chi connectivity index (χ3v) is 4.99. The highest BCUT2D eigenvalue weighted by Gasteiger charge is 2.51. The van der Waals surface area contributed by atoms with Crippen LogP contribution in [0.5, 0.6) is 5.75 Å². The number of ether oxygens (including phenoxy) is 2. The number of carbonyl (C=O) groups excluding carboxylic acids is 3. The van der Waals surface area contributed by atoms with Gasteiger partial charge in [0.15, 0.2) is 5.75 Å². The third kappa shape index (κ3) is 4.45. The van der Waals surface area contributed by atoms with E-state index in [1.54, 1.807) is 45.0 Å². The second kappa shape index (κ2) is 7.90. The molecule has 2 aromatic rings. The van der Waals surface area contributed by atoms with Crippen molar-refractivity contribution in [3.8, 4) is 5.75 Å². The zero-order chi connectivity index (χ0) is 23.0. The number of aromatic nitrogens is 1. The van der Waals surface area contributed by atoms with Crippen LogP contribution < -0.4 is 21.5 Å². The molecule has 3 rings (SSSR count). The molecular weight excluding hydrogens is 400 g/mol. The van der Waals surface area contributed by atoms with Crippen LogP contribution in [0.4, 0.5) is 11.4 Å². The number of hydrogen-bond donors (Lipinski definition) is 3. The molecule has 0 radical (unpaired) electrons. The lowest BCUT2D eigenvalue weighted by Gasteiger charge is -2.21. The van der Waals surface area contributed by atoms with E-state index in [1.165, 1.54) is 13.3 Å². The third-order valence-electron chi connectivity index (χ3n) is 4.99. The Kier molecular flexibility index (Phi) is 5.62. The summed E-state index contributed by atoms with van der Waals surface area (Å²) in [6.45, 7) is 5.30. The van der Waals surface area contributed by atoms with Crippen molar-refractivity contribution >= 4 is 29.2 Å². The first kappa shape index (κ1) is 22.1. The van der Waals surface area contributed by atoms with Crippen LogP contribution in [0.3, 0.4) is 0 Å². The van der Waals surface area contributed by atoms with E-state index in [4.69, 9.17) is 20.9 Å². The SMILES string of the molecule is COc1c(Nc2cc(C3(C(N)=O)CC3)ncc2C(N)=O)cccc1C(=O)OC(C)(C)C. The van der Waals surface area contributed by atoms with E-state index in [1.807, 2.05) is 0 Å². The van der Waals surface area contributed by atoms with Gasteiger partial charge in [0, 0.05) is 6.20 Å². The molecule has 0 aliphatic heterocycles. The standard InChI is InChI=1S/C22H26N4O5/c1-21(2,3)31-19(28)12-6-5-7-14(17(12)30-4)26-15-10-16(22(8-9-22)20(24)29)25-11-13(15)18(23)27/h5-7,10-11H,8-9H2,1-4H3,(H2,23,27)(H2,24,29)(H,25,26). The number of nitrogens with two attached hydrogens (primary N) is 2. The lowest BCUT2D eigenvalue weighted by atomic mass is 9.99. The van der Waals surface area contributed by atoms with Crippen LogP contribution in [0.15, 0.2) is 30.5 Å². The monoisotopic (exact) mass is 426 g/mol. The van der Waals surface area contributed by atoms with Gasteiger partial charge in [-0.2, -0.15) is 0 Å². The Labute approximate surface area is 180 Å². The molecule has 1 aromatic heterocycles. The Hall–Kier alpha value is -3.62. The largest absolute Gasteiger partial charge is 0.494 e. The molecule has 0 bridgehead atoms. The molecule has 2 amide bonds. The van der Waals surface area contributed by atoms with Crippen molar-refractivity contribution in [1.82, 2.24) is 4.98 Å². The van der Waals surface area contributed by atoms with E-state index >= 15 is 0 Å². The fourth-order valence-corrected chi connectivity index (χ4v) is 3.26. The summed E-state index contributed by atoms with van der Waals surface area (Å²) in [4.78, 5) is 40.7. The number of amides is 2. The molecule has 1 aliphatic carbocycles. The number of anilines is 2. The molecular formula is C22H26N4O5. The molecule has 1 aliphatic rings. The van der Waals surface area contributed by atoms with Crippen molar-refractivity contribution in [2.75, 3.05) is 12.4 Å². The van der Waals surface area contributed by atoms with Crippen LogP contribution in [-0.4, -0.2) is 35.5 Å². The van der Waals surface area contributed by atoms with Gasteiger partial charge in [-0.1, -0.05) is 6.07 Å². The quantitative estimate of drug-likeness (QED) is 0.576. The molecule has 9 nitrogen and oxygen atoms in total. The van der Waals surface area contributed by atoms with E-state index in [-0.39, 0.29) is 16.9 Å². The molecule has 0 saturated heterocycles. The number of nitrogens with zero attached hydrogens (tertiary/aromatic N) is 1. The van der Waals surface area contributed by atoms with Gasteiger partial charge >= 0.3 is 5.97 Å². The number of benzene rings is 1. The molecule has 9 heteroatoms. The Morgan fingerprint density at radius 2 is 1.77 bits per heavy atom. The number of methoxy groups -OCH3 is 1. The van der Waals surface area contributed by atoms with Crippen molar-refractivity contribution in [3.05, 3.63) is 47.3 Å². The number of esters is 1. The summed E-state index contributed by atoms with van der Waals surface area (Å²) in [5.74, 6) is -1.49. The van der Waals surface area contributed by atoms with Crippen LogP contribution >= 0.6 is 0 Å². The summed E-state index contributed by atoms with van der Waals surface area (Å²) in [5.41, 5.74) is 11.1. The normalized spacial score (nSPS) is 14.5. The second-order valence-corrected chi connectivity index (χ2v) is 8.44. The van der Waals surface area contributed by atoms with Crippen LogP contribution in [-0.2, 0) is 14.9 Å². The van der Waals surface area contributed by atoms with Crippen LogP contribution in [0.2, 0.25) is 0 Å². The minimum atomic E-state index is -0.838. The van der Waals surface area contributed by atoms with E-state index in [0.717, 1.165) is 0 Å². The highest BCUT2D eigenvalue weighted by Crippen LogP contribution is 2.48. The fraction of sp³-hybridized carbons (Fsp3) is 0.364. The molecule has 31 heavy (non-hydrogen) atoms. The summed E-state index contributed by atoms with van der Waals surface area (Å²) in [6.07, 6.45) is 2.48. The molecule has 1 heterocycles. The minimum Gasteiger partial charge on any atom is -0.494 e. The van der Waals surface area contributed by atoms with Gasteiger partial charge in [-0.3, -0.25) is 14.6 Å². The lowest BCUT2D eigenvalue weighted by molar-refractivity contribution is -0.120. The van der Waals surface area contributed by atoms with Gasteiger partial charge in [-0.15, -0.1) is 0 Å². The predicted octanol–water partition coefficient (Wildman–Crippen LogP) is 2.40. The van der Waals surface area contributed by atoms with E-state index in [9.17, 15) is 14.4 Å². The molecule has 0 unspecified atom stereocenters. The minimum absolute atomic E-state index is 0.119. The van der Waals surface area contributed by atoms with E-state index in [0.29, 0.717) is 29.9 Å². The van der Waals surface area contributed by atoms with Crippen LogP contribution in [0.1, 0.15) is 60.0 Å². The summed E-state index contributed by atoms with van der Waals surface area (Å²) < 4.78 is 10.9. The van der Waals surface area contributed by atoms with E-state index < -0.39 is 28.8 Å². The first-order valence-electron chi connectivity index (χ1n) is 9.76. The van der Waals surface area contributed by atoms with Gasteiger partial charge in [-0.05, 0) is 51.8 Å². The number of nitrogens with one attached hydrogen (secondary N) is 1. The molecule has 5 N–H and O–H groups in total. The topological polar surface area (TPSA) is 147 Å². The number of primary amides is 2. The van der Waals surface area contributed by atoms with Crippen molar-refractivity contribution in [2.24, 2.45) is 11.5 Å². The molecule has 1 aromatic carbocycles. The lowest BCUT2D eigenvalue weighted by Crippen LogP contribution is -2.29. The maximum atomic E-state index is 12.6. The summed E-state index contributed by atoms with van der Waals surface area (Å²) in [6, 6.07) is 6.50. The first-order valence-corrected chi connectivity index (χ1v) is 9.76. The van der Waals surface area contributed by atoms with Crippen molar-refractivity contribution < 1.29 is 23.9 Å². The Morgan fingerprint density at radius 1 is 1.10 bits per heavy atom. The van der Waals surface area contributed by atoms with Gasteiger partial charge in [0.2, 0.25) is 5.91 Å². The maximum absolute atomic E-state index is 12.6. The second-order valence-electron chi connectivity index (χ2n) is 8.44. The summed E-state index contributed by atoms with van der Waals surface area (Å²) >= 11 is 0. The van der Waals surface area contributed by atoms with Crippen molar-refractivity contribution in [1.29, 1.82) is 0 Å². The highest BCUT2D eigenvalue weighted by atomic mass is 16.6.